The Bertz CT molecular complexity index is 379. The molecule has 1 aromatic rings. The fourth-order valence-electron chi connectivity index (χ4n) is 0.952. The topological polar surface area (TPSA) is 70.4 Å². The number of pyridine rings is 1. The van der Waals surface area contributed by atoms with Crippen molar-refractivity contribution in [1.29, 1.82) is 0 Å². The molecule has 0 aliphatic heterocycles. The number of hydrogen-bond donors (Lipinski definition) is 2. The molecule has 1 heterocycles. The zero-order chi connectivity index (χ0) is 10.9. The lowest BCUT2D eigenvalue weighted by molar-refractivity contribution is 0.0685. The fraction of sp³-hybridized carbons (Fsp3) is 0.250. The number of carboxylic acids is 1. The normalized spacial score (nSPS) is 10.6. The van der Waals surface area contributed by atoms with Crippen LogP contribution in [0.2, 0.25) is 0 Å². The van der Waals surface area contributed by atoms with Crippen molar-refractivity contribution in [2.24, 2.45) is 0 Å². The summed E-state index contributed by atoms with van der Waals surface area (Å²) in [5, 5.41) is 17.7. The van der Waals surface area contributed by atoms with Crippen LogP contribution in [0.4, 0.5) is 8.78 Å². The second kappa shape index (κ2) is 3.57. The van der Waals surface area contributed by atoms with Crippen LogP contribution >= 0.6 is 0 Å². The van der Waals surface area contributed by atoms with E-state index in [-0.39, 0.29) is 5.56 Å². The largest absolute Gasteiger partial charge is 0.505 e. The SMILES string of the molecule is Cc1cc(C(F)F)nc(C(=O)O)c1O. The van der Waals surface area contributed by atoms with Crippen molar-refractivity contribution >= 4 is 5.97 Å². The van der Waals surface area contributed by atoms with Crippen molar-refractivity contribution in [3.8, 4) is 5.75 Å². The van der Waals surface area contributed by atoms with Gasteiger partial charge in [0.2, 0.25) is 0 Å². The van der Waals surface area contributed by atoms with Crippen LogP contribution < -0.4 is 0 Å². The number of carboxylic acid groups (broad SMARTS) is 1. The molecule has 6 heteroatoms. The van der Waals surface area contributed by atoms with E-state index in [1.54, 1.807) is 0 Å². The Labute approximate surface area is 77.8 Å². The summed E-state index contributed by atoms with van der Waals surface area (Å²) in [6.45, 7) is 1.33. The highest BCUT2D eigenvalue weighted by atomic mass is 19.3. The molecule has 1 rings (SSSR count). The zero-order valence-electron chi connectivity index (χ0n) is 7.16. The van der Waals surface area contributed by atoms with Crippen LogP contribution in [-0.4, -0.2) is 21.2 Å². The van der Waals surface area contributed by atoms with Gasteiger partial charge in [-0.1, -0.05) is 0 Å². The number of hydrogen-bond acceptors (Lipinski definition) is 3. The summed E-state index contributed by atoms with van der Waals surface area (Å²) >= 11 is 0. The summed E-state index contributed by atoms with van der Waals surface area (Å²) in [4.78, 5) is 13.6. The molecule has 4 nitrogen and oxygen atoms in total. The molecule has 0 bridgehead atoms. The highest BCUT2D eigenvalue weighted by Gasteiger charge is 2.19. The summed E-state index contributed by atoms with van der Waals surface area (Å²) in [5.74, 6) is -2.12. The predicted octanol–water partition coefficient (Wildman–Crippen LogP) is 1.73. The van der Waals surface area contributed by atoms with Crippen LogP contribution in [0.15, 0.2) is 6.07 Å². The molecule has 0 unspecified atom stereocenters. The Morgan fingerprint density at radius 1 is 1.57 bits per heavy atom. The van der Waals surface area contributed by atoms with Crippen LogP contribution in [0.25, 0.3) is 0 Å². The van der Waals surface area contributed by atoms with Gasteiger partial charge in [0.25, 0.3) is 6.43 Å². The van der Waals surface area contributed by atoms with Crippen molar-refractivity contribution in [2.45, 2.75) is 13.3 Å². The van der Waals surface area contributed by atoms with Crippen LogP contribution in [0.3, 0.4) is 0 Å². The van der Waals surface area contributed by atoms with Crippen molar-refractivity contribution in [2.75, 3.05) is 0 Å². The lowest BCUT2D eigenvalue weighted by Crippen LogP contribution is -2.05. The van der Waals surface area contributed by atoms with Gasteiger partial charge in [0.1, 0.15) is 5.69 Å². The Balaban J connectivity index is 3.35. The van der Waals surface area contributed by atoms with Gasteiger partial charge in [-0.15, -0.1) is 0 Å². The first-order valence-electron chi connectivity index (χ1n) is 3.65. The van der Waals surface area contributed by atoms with Crippen LogP contribution in [0.5, 0.6) is 5.75 Å². The molecule has 0 radical (unpaired) electrons. The van der Waals surface area contributed by atoms with E-state index in [0.717, 1.165) is 6.07 Å². The monoisotopic (exact) mass is 203 g/mol. The highest BCUT2D eigenvalue weighted by molar-refractivity contribution is 5.88. The number of aromatic carboxylic acids is 1. The molecular weight excluding hydrogens is 196 g/mol. The Morgan fingerprint density at radius 2 is 2.14 bits per heavy atom. The maximum absolute atomic E-state index is 12.2. The number of alkyl halides is 2. The van der Waals surface area contributed by atoms with E-state index in [1.807, 2.05) is 0 Å². The maximum atomic E-state index is 12.2. The van der Waals surface area contributed by atoms with Crippen LogP contribution in [-0.2, 0) is 0 Å². The lowest BCUT2D eigenvalue weighted by Gasteiger charge is -2.05. The van der Waals surface area contributed by atoms with E-state index in [0.29, 0.717) is 0 Å². The summed E-state index contributed by atoms with van der Waals surface area (Å²) in [5.41, 5.74) is -1.34. The van der Waals surface area contributed by atoms with Gasteiger partial charge >= 0.3 is 5.97 Å². The molecule has 0 fully saturated rings. The molecule has 0 aliphatic rings. The van der Waals surface area contributed by atoms with Crippen LogP contribution in [0, 0.1) is 6.92 Å². The smallest absolute Gasteiger partial charge is 0.358 e. The Kier molecular flexibility index (Phi) is 2.64. The number of aromatic hydroxyl groups is 1. The summed E-state index contributed by atoms with van der Waals surface area (Å²) in [7, 11) is 0. The number of aromatic nitrogens is 1. The van der Waals surface area contributed by atoms with Crippen molar-refractivity contribution in [3.05, 3.63) is 23.0 Å². The molecule has 0 saturated carbocycles. The van der Waals surface area contributed by atoms with Crippen molar-refractivity contribution in [1.82, 2.24) is 4.98 Å². The van der Waals surface area contributed by atoms with Crippen LogP contribution in [0.1, 0.15) is 28.2 Å². The van der Waals surface area contributed by atoms with E-state index >= 15 is 0 Å². The molecule has 1 aromatic heterocycles. The Hall–Kier alpha value is -1.72. The molecule has 0 saturated heterocycles. The standard InChI is InChI=1S/C8H7F2NO3/c1-3-2-4(7(9)10)11-5(6(3)12)8(13)14/h2,7,12H,1H3,(H,13,14). The fourth-order valence-corrected chi connectivity index (χ4v) is 0.952. The molecule has 0 aliphatic carbocycles. The Morgan fingerprint density at radius 3 is 2.57 bits per heavy atom. The van der Waals surface area contributed by atoms with E-state index in [2.05, 4.69) is 4.98 Å². The van der Waals surface area contributed by atoms with E-state index < -0.39 is 29.5 Å². The van der Waals surface area contributed by atoms with Gasteiger partial charge in [-0.2, -0.15) is 0 Å². The van der Waals surface area contributed by atoms with Gasteiger partial charge in [0.15, 0.2) is 11.4 Å². The molecular formula is C8H7F2NO3. The van der Waals surface area contributed by atoms with Gasteiger partial charge in [0.05, 0.1) is 0 Å². The second-order valence-corrected chi connectivity index (χ2v) is 2.67. The maximum Gasteiger partial charge on any atom is 0.358 e. The number of halogens is 2. The lowest BCUT2D eigenvalue weighted by atomic mass is 10.2. The summed E-state index contributed by atoms with van der Waals surface area (Å²) in [6.07, 6.45) is -2.85. The third kappa shape index (κ3) is 1.78. The molecule has 0 atom stereocenters. The first-order chi connectivity index (χ1) is 6.43. The molecule has 0 aromatic carbocycles. The molecule has 2 N–H and O–H groups in total. The first kappa shape index (κ1) is 10.4. The quantitative estimate of drug-likeness (QED) is 0.767. The predicted molar refractivity (Wildman–Crippen MR) is 42.6 cm³/mol. The van der Waals surface area contributed by atoms with Gasteiger partial charge in [-0.3, -0.25) is 0 Å². The van der Waals surface area contributed by atoms with Gasteiger partial charge < -0.3 is 10.2 Å². The third-order valence-electron chi connectivity index (χ3n) is 1.63. The van der Waals surface area contributed by atoms with E-state index in [9.17, 15) is 18.7 Å². The van der Waals surface area contributed by atoms with E-state index in [4.69, 9.17) is 5.11 Å². The van der Waals surface area contributed by atoms with Crippen molar-refractivity contribution < 1.29 is 23.8 Å². The number of carbonyl (C=O) groups is 1. The number of nitrogens with zero attached hydrogens (tertiary/aromatic N) is 1. The molecule has 14 heavy (non-hydrogen) atoms. The average molecular weight is 203 g/mol. The minimum absolute atomic E-state index is 0.0627. The molecule has 0 spiro atoms. The average Bonchev–Trinajstić information content (AvgIpc) is 2.08. The minimum atomic E-state index is -2.85. The summed E-state index contributed by atoms with van der Waals surface area (Å²) < 4.78 is 24.4. The number of rotatable bonds is 2. The minimum Gasteiger partial charge on any atom is -0.505 e. The summed E-state index contributed by atoms with van der Waals surface area (Å²) in [6, 6.07) is 0.951. The number of aryl methyl sites for hydroxylation is 1. The first-order valence-corrected chi connectivity index (χ1v) is 3.65. The van der Waals surface area contributed by atoms with E-state index in [1.165, 1.54) is 6.92 Å². The second-order valence-electron chi connectivity index (χ2n) is 2.67. The van der Waals surface area contributed by atoms with Gasteiger partial charge in [0, 0.05) is 0 Å². The molecule has 0 amide bonds. The van der Waals surface area contributed by atoms with Gasteiger partial charge in [-0.25, -0.2) is 18.6 Å². The third-order valence-corrected chi connectivity index (χ3v) is 1.63. The highest BCUT2D eigenvalue weighted by Crippen LogP contribution is 2.25. The zero-order valence-corrected chi connectivity index (χ0v) is 7.16. The molecule has 76 valence electrons. The van der Waals surface area contributed by atoms with Crippen molar-refractivity contribution in [3.63, 3.8) is 0 Å². The van der Waals surface area contributed by atoms with Gasteiger partial charge in [-0.05, 0) is 18.6 Å².